The molecule has 2 aliphatic rings. The Morgan fingerprint density at radius 1 is 1.44 bits per heavy atom. The van der Waals surface area contributed by atoms with Crippen molar-refractivity contribution in [3.05, 3.63) is 0 Å². The van der Waals surface area contributed by atoms with Crippen molar-refractivity contribution in [1.82, 2.24) is 10.2 Å². The highest BCUT2D eigenvalue weighted by Crippen LogP contribution is 2.28. The Morgan fingerprint density at radius 3 is 2.72 bits per heavy atom. The van der Waals surface area contributed by atoms with Crippen molar-refractivity contribution in [2.24, 2.45) is 11.3 Å². The van der Waals surface area contributed by atoms with E-state index in [9.17, 15) is 4.79 Å². The van der Waals surface area contributed by atoms with Crippen molar-refractivity contribution in [3.63, 3.8) is 0 Å². The monoisotopic (exact) mass is 254 g/mol. The molecule has 2 rings (SSSR count). The maximum Gasteiger partial charge on any atom is 0.309 e. The van der Waals surface area contributed by atoms with Crippen molar-refractivity contribution in [2.45, 2.75) is 33.1 Å². The Balaban J connectivity index is 1.74. The number of carbonyl (C=O) groups is 1. The largest absolute Gasteiger partial charge is 0.466 e. The van der Waals surface area contributed by atoms with E-state index in [1.54, 1.807) is 0 Å². The molecule has 2 aliphatic heterocycles. The average Bonchev–Trinajstić information content (AvgIpc) is 2.77. The average molecular weight is 254 g/mol. The van der Waals surface area contributed by atoms with Crippen LogP contribution in [0.4, 0.5) is 0 Å². The number of likely N-dealkylation sites (tertiary alicyclic amines) is 1. The van der Waals surface area contributed by atoms with Gasteiger partial charge in [-0.25, -0.2) is 0 Å². The number of piperidine rings is 1. The summed E-state index contributed by atoms with van der Waals surface area (Å²) in [4.78, 5) is 14.2. The molecular formula is C14H26N2O2. The SMILES string of the molecule is CCOC(=O)C1CCN(CC2(C)CCNC2)CC1. The Morgan fingerprint density at radius 2 is 2.17 bits per heavy atom. The van der Waals surface area contributed by atoms with Crippen LogP contribution in [-0.4, -0.2) is 50.2 Å². The molecule has 104 valence electrons. The second-order valence-electron chi connectivity index (χ2n) is 6.04. The Labute approximate surface area is 110 Å². The van der Waals surface area contributed by atoms with Crippen LogP contribution < -0.4 is 5.32 Å². The van der Waals surface area contributed by atoms with Gasteiger partial charge in [0.2, 0.25) is 0 Å². The van der Waals surface area contributed by atoms with Gasteiger partial charge in [0, 0.05) is 13.1 Å². The number of hydrogen-bond acceptors (Lipinski definition) is 4. The minimum absolute atomic E-state index is 0.00546. The fraction of sp³-hybridized carbons (Fsp3) is 0.929. The van der Waals surface area contributed by atoms with E-state index < -0.39 is 0 Å². The van der Waals surface area contributed by atoms with Crippen LogP contribution in [0.5, 0.6) is 0 Å². The fourth-order valence-electron chi connectivity index (χ4n) is 3.13. The van der Waals surface area contributed by atoms with E-state index in [1.807, 2.05) is 6.92 Å². The zero-order chi connectivity index (χ0) is 13.0. The third-order valence-electron chi connectivity index (χ3n) is 4.27. The van der Waals surface area contributed by atoms with E-state index in [2.05, 4.69) is 17.1 Å². The van der Waals surface area contributed by atoms with Gasteiger partial charge < -0.3 is 15.0 Å². The molecule has 1 unspecified atom stereocenters. The minimum Gasteiger partial charge on any atom is -0.466 e. The van der Waals surface area contributed by atoms with Crippen LogP contribution in [0.15, 0.2) is 0 Å². The lowest BCUT2D eigenvalue weighted by molar-refractivity contribution is -0.149. The second-order valence-corrected chi connectivity index (χ2v) is 6.04. The van der Waals surface area contributed by atoms with Gasteiger partial charge in [-0.2, -0.15) is 0 Å². The molecule has 2 heterocycles. The lowest BCUT2D eigenvalue weighted by Crippen LogP contribution is -2.43. The van der Waals surface area contributed by atoms with Crippen molar-refractivity contribution in [1.29, 1.82) is 0 Å². The van der Waals surface area contributed by atoms with E-state index in [0.29, 0.717) is 12.0 Å². The molecule has 1 atom stereocenters. The van der Waals surface area contributed by atoms with Crippen molar-refractivity contribution < 1.29 is 9.53 Å². The first-order valence-corrected chi connectivity index (χ1v) is 7.23. The number of nitrogens with zero attached hydrogens (tertiary/aromatic N) is 1. The molecule has 0 amide bonds. The number of rotatable bonds is 4. The molecule has 0 aromatic rings. The lowest BCUT2D eigenvalue weighted by atomic mass is 9.87. The van der Waals surface area contributed by atoms with Gasteiger partial charge in [0.05, 0.1) is 12.5 Å². The molecule has 2 fully saturated rings. The van der Waals surface area contributed by atoms with Crippen LogP contribution in [0.2, 0.25) is 0 Å². The fourth-order valence-corrected chi connectivity index (χ4v) is 3.13. The highest BCUT2D eigenvalue weighted by molar-refractivity contribution is 5.72. The van der Waals surface area contributed by atoms with Gasteiger partial charge in [-0.15, -0.1) is 0 Å². The Kier molecular flexibility index (Phi) is 4.62. The highest BCUT2D eigenvalue weighted by Gasteiger charge is 2.33. The van der Waals surface area contributed by atoms with Gasteiger partial charge in [0.25, 0.3) is 0 Å². The van der Waals surface area contributed by atoms with Crippen LogP contribution >= 0.6 is 0 Å². The number of hydrogen-bond donors (Lipinski definition) is 1. The zero-order valence-electron chi connectivity index (χ0n) is 11.7. The van der Waals surface area contributed by atoms with Crippen LogP contribution in [0.25, 0.3) is 0 Å². The molecular weight excluding hydrogens is 228 g/mol. The number of carbonyl (C=O) groups excluding carboxylic acids is 1. The lowest BCUT2D eigenvalue weighted by Gasteiger charge is -2.36. The molecule has 1 N–H and O–H groups in total. The van der Waals surface area contributed by atoms with Crippen LogP contribution in [-0.2, 0) is 9.53 Å². The standard InChI is InChI=1S/C14H26N2O2/c1-3-18-13(17)12-4-8-16(9-5-12)11-14(2)6-7-15-10-14/h12,15H,3-11H2,1-2H3. The molecule has 0 aliphatic carbocycles. The zero-order valence-corrected chi connectivity index (χ0v) is 11.7. The number of ether oxygens (including phenoxy) is 1. The normalized spacial score (nSPS) is 30.6. The third-order valence-corrected chi connectivity index (χ3v) is 4.27. The predicted octanol–water partition coefficient (Wildman–Crippen LogP) is 1.26. The molecule has 0 spiro atoms. The summed E-state index contributed by atoms with van der Waals surface area (Å²) in [7, 11) is 0. The van der Waals surface area contributed by atoms with Crippen LogP contribution in [0.1, 0.15) is 33.1 Å². The number of esters is 1. The van der Waals surface area contributed by atoms with E-state index in [1.165, 1.54) is 6.42 Å². The number of nitrogens with one attached hydrogen (secondary N) is 1. The van der Waals surface area contributed by atoms with E-state index in [4.69, 9.17) is 4.74 Å². The molecule has 4 nitrogen and oxygen atoms in total. The first-order valence-electron chi connectivity index (χ1n) is 7.23. The summed E-state index contributed by atoms with van der Waals surface area (Å²) in [5.74, 6) is 0.140. The van der Waals surface area contributed by atoms with Crippen molar-refractivity contribution >= 4 is 5.97 Å². The smallest absolute Gasteiger partial charge is 0.309 e. The molecule has 18 heavy (non-hydrogen) atoms. The summed E-state index contributed by atoms with van der Waals surface area (Å²) >= 11 is 0. The van der Waals surface area contributed by atoms with E-state index in [0.717, 1.165) is 45.6 Å². The highest BCUT2D eigenvalue weighted by atomic mass is 16.5. The molecule has 0 aromatic carbocycles. The van der Waals surface area contributed by atoms with E-state index >= 15 is 0 Å². The maximum absolute atomic E-state index is 11.7. The van der Waals surface area contributed by atoms with Crippen LogP contribution in [0.3, 0.4) is 0 Å². The summed E-state index contributed by atoms with van der Waals surface area (Å²) in [6.45, 7) is 10.3. The van der Waals surface area contributed by atoms with Gasteiger partial charge >= 0.3 is 5.97 Å². The summed E-state index contributed by atoms with van der Waals surface area (Å²) in [6, 6.07) is 0. The van der Waals surface area contributed by atoms with Gasteiger partial charge in [-0.3, -0.25) is 4.79 Å². The van der Waals surface area contributed by atoms with Gasteiger partial charge in [0.1, 0.15) is 0 Å². The Bertz CT molecular complexity index is 280. The minimum atomic E-state index is 0.00546. The van der Waals surface area contributed by atoms with Gasteiger partial charge in [0.15, 0.2) is 0 Å². The topological polar surface area (TPSA) is 41.6 Å². The molecule has 2 saturated heterocycles. The predicted molar refractivity (Wildman–Crippen MR) is 71.4 cm³/mol. The maximum atomic E-state index is 11.7. The quantitative estimate of drug-likeness (QED) is 0.767. The molecule has 0 aromatic heterocycles. The van der Waals surface area contributed by atoms with Gasteiger partial charge in [-0.05, 0) is 51.2 Å². The Hall–Kier alpha value is -0.610. The molecule has 0 radical (unpaired) electrons. The first-order chi connectivity index (χ1) is 8.63. The summed E-state index contributed by atoms with van der Waals surface area (Å²) in [5.41, 5.74) is 0.427. The van der Waals surface area contributed by atoms with Crippen LogP contribution in [0, 0.1) is 11.3 Å². The summed E-state index contributed by atoms with van der Waals surface area (Å²) in [5, 5.41) is 3.45. The van der Waals surface area contributed by atoms with E-state index in [-0.39, 0.29) is 11.9 Å². The molecule has 4 heteroatoms. The second kappa shape index (κ2) is 6.02. The summed E-state index contributed by atoms with van der Waals surface area (Å²) in [6.07, 6.45) is 3.19. The first kappa shape index (κ1) is 13.8. The molecule has 0 bridgehead atoms. The van der Waals surface area contributed by atoms with Gasteiger partial charge in [-0.1, -0.05) is 6.92 Å². The van der Waals surface area contributed by atoms with Crippen molar-refractivity contribution in [3.8, 4) is 0 Å². The third kappa shape index (κ3) is 3.45. The molecule has 0 saturated carbocycles. The summed E-state index contributed by atoms with van der Waals surface area (Å²) < 4.78 is 5.10. The van der Waals surface area contributed by atoms with Crippen molar-refractivity contribution in [2.75, 3.05) is 39.3 Å².